The molecule has 0 saturated heterocycles. The van der Waals surface area contributed by atoms with E-state index in [4.69, 9.17) is 5.73 Å². The molecule has 0 heterocycles. The average Bonchev–Trinajstić information content (AvgIpc) is 2.39. The standard InChI is InChI=1S/C16H19NO/c1-3-16(17,13-10-8-12(2)9-11-13)14-6-4-5-7-15(14)18/h4-11,18H,3,17H2,1-2H3/t16-/m1/s1. The molecule has 3 N–H and O–H groups in total. The summed E-state index contributed by atoms with van der Waals surface area (Å²) in [6, 6.07) is 15.4. The lowest BCUT2D eigenvalue weighted by Crippen LogP contribution is -2.37. The summed E-state index contributed by atoms with van der Waals surface area (Å²) in [4.78, 5) is 0. The molecular formula is C16H19NO. The van der Waals surface area contributed by atoms with Crippen molar-refractivity contribution in [1.82, 2.24) is 0 Å². The fraction of sp³-hybridized carbons (Fsp3) is 0.250. The van der Waals surface area contributed by atoms with E-state index >= 15 is 0 Å². The number of nitrogens with two attached hydrogens (primary N) is 1. The van der Waals surface area contributed by atoms with Crippen LogP contribution in [0.3, 0.4) is 0 Å². The predicted octanol–water partition coefficient (Wildman–Crippen LogP) is 3.31. The first-order valence-corrected chi connectivity index (χ1v) is 6.22. The van der Waals surface area contributed by atoms with Crippen LogP contribution in [0.5, 0.6) is 5.75 Å². The number of hydrogen-bond donors (Lipinski definition) is 2. The van der Waals surface area contributed by atoms with Crippen LogP contribution in [0.15, 0.2) is 48.5 Å². The van der Waals surface area contributed by atoms with Crippen molar-refractivity contribution in [3.8, 4) is 5.75 Å². The van der Waals surface area contributed by atoms with Crippen LogP contribution in [0.4, 0.5) is 0 Å². The minimum Gasteiger partial charge on any atom is -0.508 e. The zero-order valence-corrected chi connectivity index (χ0v) is 10.9. The molecule has 0 saturated carbocycles. The van der Waals surface area contributed by atoms with Crippen molar-refractivity contribution in [2.45, 2.75) is 25.8 Å². The molecule has 94 valence electrons. The molecule has 0 amide bonds. The SMILES string of the molecule is CC[C@@](N)(c1ccc(C)cc1)c1ccccc1O. The molecule has 1 atom stereocenters. The first-order chi connectivity index (χ1) is 8.58. The quantitative estimate of drug-likeness (QED) is 0.866. The van der Waals surface area contributed by atoms with Gasteiger partial charge in [0.15, 0.2) is 0 Å². The molecule has 2 aromatic rings. The average molecular weight is 241 g/mol. The maximum atomic E-state index is 10.0. The van der Waals surface area contributed by atoms with Crippen molar-refractivity contribution in [3.05, 3.63) is 65.2 Å². The highest BCUT2D eigenvalue weighted by Gasteiger charge is 2.29. The summed E-state index contributed by atoms with van der Waals surface area (Å²) in [5.74, 6) is 0.252. The third-order valence-electron chi connectivity index (χ3n) is 3.51. The summed E-state index contributed by atoms with van der Waals surface area (Å²) in [7, 11) is 0. The van der Waals surface area contributed by atoms with E-state index in [1.165, 1.54) is 5.56 Å². The zero-order chi connectivity index (χ0) is 13.2. The topological polar surface area (TPSA) is 46.2 Å². The van der Waals surface area contributed by atoms with Crippen LogP contribution in [0.25, 0.3) is 0 Å². The van der Waals surface area contributed by atoms with Gasteiger partial charge in [-0.1, -0.05) is 55.0 Å². The lowest BCUT2D eigenvalue weighted by Gasteiger charge is -2.30. The molecule has 0 aromatic heterocycles. The van der Waals surface area contributed by atoms with Gasteiger partial charge in [-0.25, -0.2) is 0 Å². The molecule has 0 spiro atoms. The fourth-order valence-electron chi connectivity index (χ4n) is 2.25. The van der Waals surface area contributed by atoms with Gasteiger partial charge in [0.1, 0.15) is 5.75 Å². The van der Waals surface area contributed by atoms with Gasteiger partial charge in [-0.3, -0.25) is 0 Å². The van der Waals surface area contributed by atoms with E-state index in [9.17, 15) is 5.11 Å². The lowest BCUT2D eigenvalue weighted by molar-refractivity contribution is 0.433. The van der Waals surface area contributed by atoms with E-state index in [0.717, 1.165) is 17.5 Å². The molecule has 18 heavy (non-hydrogen) atoms. The molecule has 0 bridgehead atoms. The van der Waals surface area contributed by atoms with Gasteiger partial charge in [-0.15, -0.1) is 0 Å². The summed E-state index contributed by atoms with van der Waals surface area (Å²) in [6.07, 6.45) is 0.730. The number of aromatic hydroxyl groups is 1. The molecular weight excluding hydrogens is 222 g/mol. The second kappa shape index (κ2) is 4.83. The fourth-order valence-corrected chi connectivity index (χ4v) is 2.25. The van der Waals surface area contributed by atoms with Crippen LogP contribution >= 0.6 is 0 Å². The Morgan fingerprint density at radius 3 is 2.22 bits per heavy atom. The van der Waals surface area contributed by atoms with Crippen molar-refractivity contribution >= 4 is 0 Å². The van der Waals surface area contributed by atoms with Crippen LogP contribution in [-0.4, -0.2) is 5.11 Å². The highest BCUT2D eigenvalue weighted by Crippen LogP contribution is 2.35. The normalized spacial score (nSPS) is 14.2. The molecule has 0 fully saturated rings. The number of phenolic OH excluding ortho intramolecular Hbond substituents is 1. The number of hydrogen-bond acceptors (Lipinski definition) is 2. The lowest BCUT2D eigenvalue weighted by atomic mass is 9.81. The molecule has 0 radical (unpaired) electrons. The summed E-state index contributed by atoms with van der Waals surface area (Å²) in [5, 5.41) is 10.0. The zero-order valence-electron chi connectivity index (χ0n) is 10.9. The Morgan fingerprint density at radius 2 is 1.67 bits per heavy atom. The number of rotatable bonds is 3. The van der Waals surface area contributed by atoms with E-state index < -0.39 is 5.54 Å². The van der Waals surface area contributed by atoms with Crippen LogP contribution in [0.1, 0.15) is 30.0 Å². The Hall–Kier alpha value is -1.80. The monoisotopic (exact) mass is 241 g/mol. The maximum absolute atomic E-state index is 10.0. The predicted molar refractivity (Wildman–Crippen MR) is 74.5 cm³/mol. The van der Waals surface area contributed by atoms with E-state index in [-0.39, 0.29) is 5.75 Å². The third-order valence-corrected chi connectivity index (χ3v) is 3.51. The van der Waals surface area contributed by atoms with Gasteiger partial charge in [0.25, 0.3) is 0 Å². The summed E-state index contributed by atoms with van der Waals surface area (Å²) in [5.41, 5.74) is 8.89. The molecule has 0 aliphatic rings. The van der Waals surface area contributed by atoms with Crippen molar-refractivity contribution < 1.29 is 5.11 Å². The van der Waals surface area contributed by atoms with Crippen molar-refractivity contribution in [1.29, 1.82) is 0 Å². The summed E-state index contributed by atoms with van der Waals surface area (Å²) < 4.78 is 0. The van der Waals surface area contributed by atoms with E-state index in [1.54, 1.807) is 6.07 Å². The molecule has 0 aliphatic heterocycles. The molecule has 2 rings (SSSR count). The van der Waals surface area contributed by atoms with Crippen LogP contribution in [0, 0.1) is 6.92 Å². The Bertz CT molecular complexity index is 533. The maximum Gasteiger partial charge on any atom is 0.120 e. The number of phenols is 1. The van der Waals surface area contributed by atoms with Gasteiger partial charge >= 0.3 is 0 Å². The highest BCUT2D eigenvalue weighted by atomic mass is 16.3. The Balaban J connectivity index is 2.55. The van der Waals surface area contributed by atoms with E-state index in [2.05, 4.69) is 0 Å². The van der Waals surface area contributed by atoms with Gasteiger partial charge in [-0.05, 0) is 25.0 Å². The van der Waals surface area contributed by atoms with Crippen molar-refractivity contribution in [3.63, 3.8) is 0 Å². The smallest absolute Gasteiger partial charge is 0.120 e. The Morgan fingerprint density at radius 1 is 1.06 bits per heavy atom. The van der Waals surface area contributed by atoms with Gasteiger partial charge in [0, 0.05) is 5.56 Å². The summed E-state index contributed by atoms with van der Waals surface area (Å²) in [6.45, 7) is 4.08. The van der Waals surface area contributed by atoms with Gasteiger partial charge in [-0.2, -0.15) is 0 Å². The summed E-state index contributed by atoms with van der Waals surface area (Å²) >= 11 is 0. The third kappa shape index (κ3) is 2.12. The van der Waals surface area contributed by atoms with E-state index in [1.807, 2.05) is 56.3 Å². The molecule has 2 aromatic carbocycles. The number of para-hydroxylation sites is 1. The van der Waals surface area contributed by atoms with Crippen molar-refractivity contribution in [2.75, 3.05) is 0 Å². The Labute approximate surface area is 108 Å². The highest BCUT2D eigenvalue weighted by molar-refractivity contribution is 5.45. The molecule has 2 heteroatoms. The molecule has 2 nitrogen and oxygen atoms in total. The van der Waals surface area contributed by atoms with E-state index in [0.29, 0.717) is 0 Å². The van der Waals surface area contributed by atoms with Crippen LogP contribution in [-0.2, 0) is 5.54 Å². The first-order valence-electron chi connectivity index (χ1n) is 6.22. The largest absolute Gasteiger partial charge is 0.508 e. The van der Waals surface area contributed by atoms with Crippen LogP contribution < -0.4 is 5.73 Å². The molecule has 0 aliphatic carbocycles. The van der Waals surface area contributed by atoms with Crippen molar-refractivity contribution in [2.24, 2.45) is 5.73 Å². The number of aryl methyl sites for hydroxylation is 1. The second-order valence-electron chi connectivity index (χ2n) is 4.71. The van der Waals surface area contributed by atoms with Gasteiger partial charge in [0.05, 0.1) is 5.54 Å². The first kappa shape index (κ1) is 12.7. The minimum absolute atomic E-state index is 0.252. The van der Waals surface area contributed by atoms with Gasteiger partial charge < -0.3 is 10.8 Å². The van der Waals surface area contributed by atoms with Crippen LogP contribution in [0.2, 0.25) is 0 Å². The molecule has 0 unspecified atom stereocenters. The minimum atomic E-state index is -0.640. The Kier molecular flexibility index (Phi) is 3.39. The second-order valence-corrected chi connectivity index (χ2v) is 4.71. The number of benzene rings is 2. The van der Waals surface area contributed by atoms with Gasteiger partial charge in [0.2, 0.25) is 0 Å².